The highest BCUT2D eigenvalue weighted by Gasteiger charge is 2.83. The van der Waals surface area contributed by atoms with E-state index in [0.717, 1.165) is 0 Å². The van der Waals surface area contributed by atoms with Crippen LogP contribution in [0, 0.1) is 28.6 Å². The van der Waals surface area contributed by atoms with Crippen LogP contribution in [0.25, 0.3) is 0 Å². The van der Waals surface area contributed by atoms with E-state index in [9.17, 15) is 40.2 Å². The van der Waals surface area contributed by atoms with Crippen molar-refractivity contribution in [3.05, 3.63) is 11.6 Å². The first-order valence-corrected chi connectivity index (χ1v) is 12.7. The van der Waals surface area contributed by atoms with Crippen LogP contribution in [0.1, 0.15) is 27.2 Å². The molecule has 6 rings (SSSR count). The summed E-state index contributed by atoms with van der Waals surface area (Å²) in [5.74, 6) is -3.09. The van der Waals surface area contributed by atoms with Crippen molar-refractivity contribution in [2.24, 2.45) is 28.6 Å². The Bertz CT molecular complexity index is 1040. The lowest BCUT2D eigenvalue weighted by atomic mass is 9.40. The number of hydrogen-bond acceptors (Lipinski definition) is 12. The van der Waals surface area contributed by atoms with Crippen LogP contribution >= 0.6 is 0 Å². The molecule has 206 valence electrons. The number of aliphatic hydroxyl groups excluding tert-OH is 6. The number of esters is 1. The maximum atomic E-state index is 13.8. The van der Waals surface area contributed by atoms with Crippen LogP contribution in [-0.4, -0.2) is 116 Å². The van der Waals surface area contributed by atoms with Gasteiger partial charge < -0.3 is 49.6 Å². The molecule has 3 saturated heterocycles. The highest BCUT2D eigenvalue weighted by Crippen LogP contribution is 2.71. The van der Waals surface area contributed by atoms with Crippen molar-refractivity contribution in [2.45, 2.75) is 87.9 Å². The minimum atomic E-state index is -1.67. The minimum absolute atomic E-state index is 0.0275. The van der Waals surface area contributed by atoms with E-state index >= 15 is 0 Å². The highest BCUT2D eigenvalue weighted by atomic mass is 16.7. The van der Waals surface area contributed by atoms with E-state index in [0.29, 0.717) is 5.57 Å². The molecule has 2 saturated carbocycles. The maximum absolute atomic E-state index is 13.8. The van der Waals surface area contributed by atoms with Crippen LogP contribution in [0.4, 0.5) is 0 Å². The second-order valence-corrected chi connectivity index (χ2v) is 12.0. The molecular weight excluding hydrogens is 492 g/mol. The van der Waals surface area contributed by atoms with Gasteiger partial charge in [0.05, 0.1) is 30.8 Å². The SMILES string of the molecule is CC1=CC(OC2OC(CO)C(O)C(O)C2O)C(O)C2(C)C1CC(=O)C13COC4(C)C(OC(=O)C41)C(O)C32. The van der Waals surface area contributed by atoms with Crippen LogP contribution in [-0.2, 0) is 28.5 Å². The number of ether oxygens (including phenoxy) is 4. The summed E-state index contributed by atoms with van der Waals surface area (Å²) in [6, 6.07) is 0. The molecule has 3 heterocycles. The molecule has 0 aromatic heterocycles. The number of aliphatic hydroxyl groups is 6. The Morgan fingerprint density at radius 3 is 2.43 bits per heavy atom. The van der Waals surface area contributed by atoms with Gasteiger partial charge in [0.25, 0.3) is 0 Å². The summed E-state index contributed by atoms with van der Waals surface area (Å²) in [4.78, 5) is 26.8. The lowest BCUT2D eigenvalue weighted by Crippen LogP contribution is -2.72. The molecule has 15 atom stereocenters. The summed E-state index contributed by atoms with van der Waals surface area (Å²) in [5, 5.41) is 63.7. The largest absolute Gasteiger partial charge is 0.456 e. The normalized spacial score (nSPS) is 58.5. The first-order valence-electron chi connectivity index (χ1n) is 12.7. The Kier molecular flexibility index (Phi) is 5.59. The number of hydrogen-bond donors (Lipinski definition) is 6. The fraction of sp³-hybridized carbons (Fsp3) is 0.840. The van der Waals surface area contributed by atoms with E-state index in [1.807, 2.05) is 0 Å². The Hall–Kier alpha value is -1.48. The zero-order valence-electron chi connectivity index (χ0n) is 20.8. The molecule has 12 heteroatoms. The zero-order chi connectivity index (χ0) is 26.8. The molecule has 5 fully saturated rings. The monoisotopic (exact) mass is 526 g/mol. The van der Waals surface area contributed by atoms with Gasteiger partial charge in [0.1, 0.15) is 47.8 Å². The molecule has 0 aromatic carbocycles. The predicted octanol–water partition coefficient (Wildman–Crippen LogP) is -2.60. The summed E-state index contributed by atoms with van der Waals surface area (Å²) in [6.07, 6.45) is -10.7. The van der Waals surface area contributed by atoms with Crippen LogP contribution in [0.2, 0.25) is 0 Å². The molecule has 0 amide bonds. The van der Waals surface area contributed by atoms with Crippen LogP contribution < -0.4 is 0 Å². The lowest BCUT2D eigenvalue weighted by Gasteiger charge is -2.62. The number of rotatable bonds is 3. The van der Waals surface area contributed by atoms with Gasteiger partial charge in [0, 0.05) is 17.8 Å². The second-order valence-electron chi connectivity index (χ2n) is 12.0. The van der Waals surface area contributed by atoms with Crippen molar-refractivity contribution in [3.8, 4) is 0 Å². The van der Waals surface area contributed by atoms with Crippen molar-refractivity contribution in [2.75, 3.05) is 13.2 Å². The molecule has 3 aliphatic heterocycles. The number of fused-ring (bicyclic) bond motifs is 2. The van der Waals surface area contributed by atoms with Crippen molar-refractivity contribution < 1.29 is 59.2 Å². The van der Waals surface area contributed by atoms with Gasteiger partial charge in [0.15, 0.2) is 12.4 Å². The van der Waals surface area contributed by atoms with E-state index in [1.54, 1.807) is 26.8 Å². The van der Waals surface area contributed by atoms with Gasteiger partial charge in [-0.05, 0) is 19.8 Å². The van der Waals surface area contributed by atoms with Gasteiger partial charge in [-0.2, -0.15) is 0 Å². The standard InChI is InChI=1S/C25H34O12/c1-8-4-10(35-22-15(30)14(29)13(28)11(6-26)36-22)19(32)23(2)9(8)5-12(27)25-7-34-24(3)18(25)21(33)37-20(24)16(31)17(23)25/h4,9-11,13-20,22,26,28-32H,5-7H2,1-3H3. The summed E-state index contributed by atoms with van der Waals surface area (Å²) in [6.45, 7) is 4.51. The fourth-order valence-electron chi connectivity index (χ4n) is 8.57. The molecular formula is C25H34O12. The Labute approximate surface area is 212 Å². The Morgan fingerprint density at radius 1 is 1.05 bits per heavy atom. The van der Waals surface area contributed by atoms with Crippen molar-refractivity contribution >= 4 is 11.8 Å². The predicted molar refractivity (Wildman–Crippen MR) is 119 cm³/mol. The molecule has 37 heavy (non-hydrogen) atoms. The quantitative estimate of drug-likeness (QED) is 0.166. The number of ketones is 1. The van der Waals surface area contributed by atoms with E-state index in [-0.39, 0.29) is 18.8 Å². The smallest absolute Gasteiger partial charge is 0.313 e. The van der Waals surface area contributed by atoms with Crippen LogP contribution in [0.5, 0.6) is 0 Å². The van der Waals surface area contributed by atoms with Crippen molar-refractivity contribution in [3.63, 3.8) is 0 Å². The third-order valence-corrected chi connectivity index (χ3v) is 10.4. The Morgan fingerprint density at radius 2 is 1.76 bits per heavy atom. The van der Waals surface area contributed by atoms with Gasteiger partial charge in [-0.1, -0.05) is 18.6 Å². The van der Waals surface area contributed by atoms with E-state index < -0.39 is 102 Å². The van der Waals surface area contributed by atoms with Crippen molar-refractivity contribution in [1.29, 1.82) is 0 Å². The molecule has 3 aliphatic carbocycles. The summed E-state index contributed by atoms with van der Waals surface area (Å²) >= 11 is 0. The first kappa shape index (κ1) is 25.8. The number of carbonyl (C=O) groups excluding carboxylic acids is 2. The van der Waals surface area contributed by atoms with Gasteiger partial charge in [-0.3, -0.25) is 9.59 Å². The number of allylic oxidation sites excluding steroid dienone is 1. The van der Waals surface area contributed by atoms with E-state index in [4.69, 9.17) is 18.9 Å². The van der Waals surface area contributed by atoms with E-state index in [1.165, 1.54) is 0 Å². The molecule has 1 spiro atoms. The van der Waals surface area contributed by atoms with Crippen LogP contribution in [0.15, 0.2) is 11.6 Å². The first-order chi connectivity index (χ1) is 17.3. The van der Waals surface area contributed by atoms with Gasteiger partial charge >= 0.3 is 5.97 Å². The average Bonchev–Trinajstić information content (AvgIpc) is 3.23. The molecule has 6 N–H and O–H groups in total. The van der Waals surface area contributed by atoms with Gasteiger partial charge in [0.2, 0.25) is 0 Å². The number of carbonyl (C=O) groups is 2. The highest BCUT2D eigenvalue weighted by molar-refractivity contribution is 5.95. The topological polar surface area (TPSA) is 192 Å². The van der Waals surface area contributed by atoms with Crippen molar-refractivity contribution in [1.82, 2.24) is 0 Å². The molecule has 0 radical (unpaired) electrons. The van der Waals surface area contributed by atoms with Crippen LogP contribution in [0.3, 0.4) is 0 Å². The van der Waals surface area contributed by atoms with Gasteiger partial charge in [-0.25, -0.2) is 0 Å². The molecule has 6 aliphatic rings. The third kappa shape index (κ3) is 2.94. The van der Waals surface area contributed by atoms with Gasteiger partial charge in [-0.15, -0.1) is 0 Å². The average molecular weight is 527 g/mol. The zero-order valence-corrected chi connectivity index (χ0v) is 20.8. The second kappa shape index (κ2) is 8.03. The summed E-state index contributed by atoms with van der Waals surface area (Å²) in [5.41, 5.74) is -2.99. The summed E-state index contributed by atoms with van der Waals surface area (Å²) < 4.78 is 23.0. The molecule has 4 bridgehead atoms. The maximum Gasteiger partial charge on any atom is 0.313 e. The fourth-order valence-corrected chi connectivity index (χ4v) is 8.57. The Balaban J connectivity index is 1.39. The number of Topliss-reactive ketones (excluding diaryl/α,β-unsaturated/α-hetero) is 1. The third-order valence-electron chi connectivity index (χ3n) is 10.4. The lowest BCUT2D eigenvalue weighted by molar-refractivity contribution is -0.320. The summed E-state index contributed by atoms with van der Waals surface area (Å²) in [7, 11) is 0. The minimum Gasteiger partial charge on any atom is -0.456 e. The molecule has 15 unspecified atom stereocenters. The van der Waals surface area contributed by atoms with E-state index in [2.05, 4.69) is 0 Å². The molecule has 12 nitrogen and oxygen atoms in total. The molecule has 0 aromatic rings.